The summed E-state index contributed by atoms with van der Waals surface area (Å²) in [5, 5.41) is 3.41. The Labute approximate surface area is 177 Å². The molecule has 158 valence electrons. The van der Waals surface area contributed by atoms with Crippen molar-refractivity contribution in [2.75, 3.05) is 0 Å². The normalized spacial score (nSPS) is 12.6. The highest BCUT2D eigenvalue weighted by Crippen LogP contribution is 2.31. The number of carbonyl (C=O) groups excluding carboxylic acids is 1. The lowest BCUT2D eigenvalue weighted by Crippen LogP contribution is -2.22. The molecular formula is C21H14F3N3O3S. The van der Waals surface area contributed by atoms with Gasteiger partial charge in [-0.2, -0.15) is 13.2 Å². The molecule has 0 radical (unpaired) electrons. The fraction of sp³-hybridized carbons (Fsp3) is 0.0952. The van der Waals surface area contributed by atoms with Gasteiger partial charge in [-0.15, -0.1) is 0 Å². The van der Waals surface area contributed by atoms with Crippen molar-refractivity contribution in [3.05, 3.63) is 84.1 Å². The van der Waals surface area contributed by atoms with Crippen molar-refractivity contribution in [1.82, 2.24) is 15.3 Å². The summed E-state index contributed by atoms with van der Waals surface area (Å²) in [5.41, 5.74) is 0.107. The average Bonchev–Trinajstić information content (AvgIpc) is 3.21. The number of halogens is 3. The zero-order chi connectivity index (χ0) is 22.0. The second-order valence-corrected chi connectivity index (χ2v) is 7.97. The highest BCUT2D eigenvalue weighted by Gasteiger charge is 2.32. The highest BCUT2D eigenvalue weighted by atomic mass is 32.2. The molecule has 0 saturated heterocycles. The van der Waals surface area contributed by atoms with E-state index in [-0.39, 0.29) is 22.1 Å². The van der Waals surface area contributed by atoms with Crippen LogP contribution in [0.25, 0.3) is 11.0 Å². The third-order valence-electron chi connectivity index (χ3n) is 4.36. The second kappa shape index (κ2) is 8.40. The van der Waals surface area contributed by atoms with E-state index in [4.69, 9.17) is 4.42 Å². The van der Waals surface area contributed by atoms with Crippen molar-refractivity contribution in [2.45, 2.75) is 22.5 Å². The van der Waals surface area contributed by atoms with Gasteiger partial charge in [0.05, 0.1) is 30.2 Å². The summed E-state index contributed by atoms with van der Waals surface area (Å²) in [6.45, 7) is 0.0879. The first-order valence-corrected chi connectivity index (χ1v) is 10.1. The number of benzene rings is 1. The third kappa shape index (κ3) is 4.70. The van der Waals surface area contributed by atoms with E-state index in [1.807, 2.05) is 0 Å². The van der Waals surface area contributed by atoms with Crippen molar-refractivity contribution >= 4 is 28.1 Å². The van der Waals surface area contributed by atoms with Gasteiger partial charge in [0.25, 0.3) is 5.91 Å². The summed E-state index contributed by atoms with van der Waals surface area (Å²) < 4.78 is 56.6. The van der Waals surface area contributed by atoms with Crippen LogP contribution in [0.3, 0.4) is 0 Å². The van der Waals surface area contributed by atoms with Crippen LogP contribution in [0.2, 0.25) is 0 Å². The summed E-state index contributed by atoms with van der Waals surface area (Å²) in [6, 6.07) is 10.7. The quantitative estimate of drug-likeness (QED) is 0.462. The molecule has 0 spiro atoms. The van der Waals surface area contributed by atoms with Crippen LogP contribution in [0.5, 0.6) is 0 Å². The Bertz CT molecular complexity index is 1190. The van der Waals surface area contributed by atoms with Gasteiger partial charge >= 0.3 is 6.18 Å². The maximum atomic E-state index is 12.9. The summed E-state index contributed by atoms with van der Waals surface area (Å²) in [7, 11) is 0. The second-order valence-electron chi connectivity index (χ2n) is 6.49. The fourth-order valence-corrected chi connectivity index (χ4v) is 3.85. The van der Waals surface area contributed by atoms with Crippen LogP contribution in [0.15, 0.2) is 81.3 Å². The van der Waals surface area contributed by atoms with Gasteiger partial charge in [0.15, 0.2) is 21.1 Å². The van der Waals surface area contributed by atoms with Crippen molar-refractivity contribution in [3.8, 4) is 0 Å². The molecule has 0 bridgehead atoms. The number of aromatic nitrogens is 2. The molecule has 1 unspecified atom stereocenters. The SMILES string of the molecule is O=C(NCc1ccc([S+]([O-])c2cccc(C(F)(F)F)c2)cn1)c1cc2ccncc2o1. The predicted molar refractivity (Wildman–Crippen MR) is 106 cm³/mol. The minimum Gasteiger partial charge on any atom is -0.606 e. The molecule has 3 heterocycles. The molecule has 31 heavy (non-hydrogen) atoms. The maximum Gasteiger partial charge on any atom is 0.416 e. The monoisotopic (exact) mass is 445 g/mol. The van der Waals surface area contributed by atoms with E-state index in [1.54, 1.807) is 24.4 Å². The summed E-state index contributed by atoms with van der Waals surface area (Å²) in [5.74, 6) is -0.306. The van der Waals surface area contributed by atoms with Crippen molar-refractivity contribution in [2.24, 2.45) is 0 Å². The number of fused-ring (bicyclic) bond motifs is 1. The minimum absolute atomic E-state index is 0.0250. The fourth-order valence-electron chi connectivity index (χ4n) is 2.80. The van der Waals surface area contributed by atoms with Crippen molar-refractivity contribution in [3.63, 3.8) is 0 Å². The number of furan rings is 1. The Balaban J connectivity index is 1.41. The molecule has 4 rings (SSSR count). The first kappa shape index (κ1) is 20.9. The highest BCUT2D eigenvalue weighted by molar-refractivity contribution is 7.91. The van der Waals surface area contributed by atoms with E-state index in [0.29, 0.717) is 11.3 Å². The number of carbonyl (C=O) groups is 1. The van der Waals surface area contributed by atoms with Crippen LogP contribution >= 0.6 is 0 Å². The summed E-state index contributed by atoms with van der Waals surface area (Å²) >= 11 is -1.82. The molecule has 0 fully saturated rings. The zero-order valence-electron chi connectivity index (χ0n) is 15.7. The number of nitrogens with zero attached hydrogens (tertiary/aromatic N) is 2. The van der Waals surface area contributed by atoms with E-state index in [9.17, 15) is 22.5 Å². The van der Waals surface area contributed by atoms with E-state index in [1.165, 1.54) is 30.6 Å². The van der Waals surface area contributed by atoms with Gasteiger partial charge in [-0.25, -0.2) is 0 Å². The van der Waals surface area contributed by atoms with Gasteiger partial charge in [-0.05, 0) is 36.4 Å². The maximum absolute atomic E-state index is 12.9. The Morgan fingerprint density at radius 1 is 1.10 bits per heavy atom. The van der Waals surface area contributed by atoms with E-state index in [0.717, 1.165) is 17.5 Å². The Morgan fingerprint density at radius 3 is 2.65 bits per heavy atom. The lowest BCUT2D eigenvalue weighted by Gasteiger charge is -2.12. The molecule has 0 aliphatic heterocycles. The van der Waals surface area contributed by atoms with Crippen LogP contribution in [0.1, 0.15) is 21.8 Å². The molecule has 0 aliphatic rings. The van der Waals surface area contributed by atoms with Gasteiger partial charge < -0.3 is 14.3 Å². The van der Waals surface area contributed by atoms with Gasteiger partial charge in [0.1, 0.15) is 0 Å². The molecule has 1 aromatic carbocycles. The molecule has 3 aromatic heterocycles. The largest absolute Gasteiger partial charge is 0.606 e. The van der Waals surface area contributed by atoms with Gasteiger partial charge in [0, 0.05) is 28.8 Å². The van der Waals surface area contributed by atoms with Gasteiger partial charge in [-0.3, -0.25) is 14.8 Å². The van der Waals surface area contributed by atoms with E-state index in [2.05, 4.69) is 15.3 Å². The average molecular weight is 445 g/mol. The topological polar surface area (TPSA) is 91.1 Å². The molecule has 10 heteroatoms. The van der Waals surface area contributed by atoms with Crippen LogP contribution < -0.4 is 5.32 Å². The van der Waals surface area contributed by atoms with E-state index >= 15 is 0 Å². The van der Waals surface area contributed by atoms with Gasteiger partial charge in [0.2, 0.25) is 0 Å². The molecular weight excluding hydrogens is 431 g/mol. The third-order valence-corrected chi connectivity index (χ3v) is 5.72. The minimum atomic E-state index is -4.52. The first-order valence-electron chi connectivity index (χ1n) is 8.97. The van der Waals surface area contributed by atoms with Crippen LogP contribution in [-0.4, -0.2) is 20.4 Å². The molecule has 1 atom stereocenters. The summed E-state index contributed by atoms with van der Waals surface area (Å²) in [6.07, 6.45) is -0.104. The number of hydrogen-bond donors (Lipinski definition) is 1. The van der Waals surface area contributed by atoms with Crippen LogP contribution in [0.4, 0.5) is 13.2 Å². The Hall–Kier alpha value is -3.37. The standard InChI is InChI=1S/C21H14F3N3O3S/c22-21(23,24)14-2-1-3-16(9-14)31(29)17-5-4-15(26-11-17)10-27-20(28)18-8-13-6-7-25-12-19(13)30-18/h1-9,11-12H,10H2,(H,27,28). The number of rotatable bonds is 5. The predicted octanol–water partition coefficient (Wildman–Crippen LogP) is 4.34. The number of pyridine rings is 2. The number of nitrogens with one attached hydrogen (secondary N) is 1. The van der Waals surface area contributed by atoms with Crippen molar-refractivity contribution < 1.29 is 26.9 Å². The number of hydrogen-bond acceptors (Lipinski definition) is 5. The lowest BCUT2D eigenvalue weighted by atomic mass is 10.2. The number of amides is 1. The molecule has 1 amide bonds. The Morgan fingerprint density at radius 2 is 1.94 bits per heavy atom. The molecule has 0 aliphatic carbocycles. The molecule has 1 N–H and O–H groups in total. The molecule has 6 nitrogen and oxygen atoms in total. The van der Waals surface area contributed by atoms with Gasteiger partial charge in [-0.1, -0.05) is 6.07 Å². The van der Waals surface area contributed by atoms with Crippen molar-refractivity contribution in [1.29, 1.82) is 0 Å². The Kier molecular flexibility index (Phi) is 5.66. The van der Waals surface area contributed by atoms with E-state index < -0.39 is 28.8 Å². The molecule has 0 saturated carbocycles. The van der Waals surface area contributed by atoms with Crippen LogP contribution in [0, 0.1) is 0 Å². The smallest absolute Gasteiger partial charge is 0.416 e. The lowest BCUT2D eigenvalue weighted by molar-refractivity contribution is -0.137. The summed E-state index contributed by atoms with van der Waals surface area (Å²) in [4.78, 5) is 20.6. The van der Waals surface area contributed by atoms with Crippen LogP contribution in [-0.2, 0) is 23.9 Å². The first-order chi connectivity index (χ1) is 14.8. The number of alkyl halides is 3. The molecule has 4 aromatic rings. The zero-order valence-corrected chi connectivity index (χ0v) is 16.5.